The molecule has 0 radical (unpaired) electrons. The molecule has 1 saturated heterocycles. The summed E-state index contributed by atoms with van der Waals surface area (Å²) in [6, 6.07) is 19.8. The summed E-state index contributed by atoms with van der Waals surface area (Å²) >= 11 is 0. The number of anilines is 1. The number of carbonyl (C=O) groups is 2. The molecule has 6 nitrogen and oxygen atoms in total. The van der Waals surface area contributed by atoms with Crippen molar-refractivity contribution in [3.63, 3.8) is 0 Å². The molecule has 2 heterocycles. The first-order chi connectivity index (χ1) is 17.0. The van der Waals surface area contributed by atoms with Crippen LogP contribution in [0.3, 0.4) is 0 Å². The SMILES string of the molecule is COc1cccc(C(c2ccc(F)cc2)C2CCN(C(=O)c3ccc4c(c3)NC(=O)CO4)CC2)c1. The Bertz CT molecular complexity index is 1240. The molecule has 7 heteroatoms. The van der Waals surface area contributed by atoms with Gasteiger partial charge in [0.1, 0.15) is 17.3 Å². The van der Waals surface area contributed by atoms with Gasteiger partial charge in [-0.1, -0.05) is 24.3 Å². The number of halogens is 1. The number of methoxy groups -OCH3 is 1. The van der Waals surface area contributed by atoms with E-state index in [0.717, 1.165) is 29.7 Å². The van der Waals surface area contributed by atoms with Crippen molar-refractivity contribution in [2.45, 2.75) is 18.8 Å². The van der Waals surface area contributed by atoms with Gasteiger partial charge in [0.2, 0.25) is 0 Å². The third kappa shape index (κ3) is 4.85. The lowest BCUT2D eigenvalue weighted by Crippen LogP contribution is -2.40. The molecular weight excluding hydrogens is 447 g/mol. The zero-order valence-corrected chi connectivity index (χ0v) is 19.5. The molecule has 1 unspecified atom stereocenters. The Morgan fingerprint density at radius 3 is 2.57 bits per heavy atom. The lowest BCUT2D eigenvalue weighted by atomic mass is 9.76. The molecule has 2 amide bonds. The number of amides is 2. The first-order valence-corrected chi connectivity index (χ1v) is 11.8. The molecule has 1 fully saturated rings. The zero-order chi connectivity index (χ0) is 24.4. The fourth-order valence-electron chi connectivity index (χ4n) is 5.08. The van der Waals surface area contributed by atoms with E-state index in [1.807, 2.05) is 35.2 Å². The normalized spacial score (nSPS) is 16.6. The van der Waals surface area contributed by atoms with Crippen LogP contribution in [0.4, 0.5) is 10.1 Å². The van der Waals surface area contributed by atoms with Gasteiger partial charge in [0, 0.05) is 24.6 Å². The number of hydrogen-bond acceptors (Lipinski definition) is 4. The maximum atomic E-state index is 13.6. The minimum Gasteiger partial charge on any atom is -0.497 e. The summed E-state index contributed by atoms with van der Waals surface area (Å²) in [7, 11) is 1.65. The molecule has 5 rings (SSSR count). The Labute approximate surface area is 203 Å². The number of benzene rings is 3. The summed E-state index contributed by atoms with van der Waals surface area (Å²) < 4.78 is 24.5. The number of ether oxygens (including phenoxy) is 2. The summed E-state index contributed by atoms with van der Waals surface area (Å²) in [4.78, 5) is 26.7. The van der Waals surface area contributed by atoms with E-state index >= 15 is 0 Å². The average Bonchev–Trinajstić information content (AvgIpc) is 2.89. The highest BCUT2D eigenvalue weighted by Gasteiger charge is 2.31. The van der Waals surface area contributed by atoms with Crippen molar-refractivity contribution >= 4 is 17.5 Å². The van der Waals surface area contributed by atoms with Crippen molar-refractivity contribution in [3.8, 4) is 11.5 Å². The Morgan fingerprint density at radius 2 is 1.83 bits per heavy atom. The second kappa shape index (κ2) is 9.78. The van der Waals surface area contributed by atoms with Crippen molar-refractivity contribution in [2.24, 2.45) is 5.92 Å². The van der Waals surface area contributed by atoms with Crippen LogP contribution in [-0.2, 0) is 4.79 Å². The molecule has 1 N–H and O–H groups in total. The number of nitrogens with zero attached hydrogens (tertiary/aromatic N) is 1. The topological polar surface area (TPSA) is 67.9 Å². The van der Waals surface area contributed by atoms with E-state index in [1.54, 1.807) is 25.3 Å². The van der Waals surface area contributed by atoms with Crippen LogP contribution in [0, 0.1) is 11.7 Å². The molecular formula is C28H27FN2O4. The van der Waals surface area contributed by atoms with Crippen molar-refractivity contribution in [1.82, 2.24) is 4.90 Å². The largest absolute Gasteiger partial charge is 0.497 e. The van der Waals surface area contributed by atoms with Gasteiger partial charge < -0.3 is 19.7 Å². The minimum atomic E-state index is -0.259. The fourth-order valence-corrected chi connectivity index (χ4v) is 5.08. The van der Waals surface area contributed by atoms with E-state index in [-0.39, 0.29) is 36.1 Å². The fraction of sp³-hybridized carbons (Fsp3) is 0.286. The van der Waals surface area contributed by atoms with Crippen LogP contribution in [0.1, 0.15) is 40.2 Å². The number of piperidine rings is 1. The summed E-state index contributed by atoms with van der Waals surface area (Å²) in [6.45, 7) is 1.21. The molecule has 0 saturated carbocycles. The van der Waals surface area contributed by atoms with Crippen molar-refractivity contribution in [1.29, 1.82) is 0 Å². The van der Waals surface area contributed by atoms with Gasteiger partial charge in [-0.25, -0.2) is 4.39 Å². The van der Waals surface area contributed by atoms with Crippen molar-refractivity contribution < 1.29 is 23.5 Å². The van der Waals surface area contributed by atoms with Crippen LogP contribution in [-0.4, -0.2) is 43.5 Å². The number of likely N-dealkylation sites (tertiary alicyclic amines) is 1. The third-order valence-electron chi connectivity index (χ3n) is 6.84. The standard InChI is InChI=1S/C28H27FN2O4/c1-34-23-4-2-3-20(15-23)27(18-5-8-22(29)9-6-18)19-11-13-31(14-12-19)28(33)21-7-10-25-24(16-21)30-26(32)17-35-25/h2-10,15-16,19,27H,11-14,17H2,1H3,(H,30,32). The van der Waals surface area contributed by atoms with Crippen LogP contribution < -0.4 is 14.8 Å². The van der Waals surface area contributed by atoms with E-state index in [4.69, 9.17) is 9.47 Å². The van der Waals surface area contributed by atoms with E-state index in [9.17, 15) is 14.0 Å². The summed E-state index contributed by atoms with van der Waals surface area (Å²) in [5.74, 6) is 1.15. The van der Waals surface area contributed by atoms with Gasteiger partial charge in [-0.05, 0) is 72.4 Å². The smallest absolute Gasteiger partial charge is 0.262 e. The Morgan fingerprint density at radius 1 is 1.06 bits per heavy atom. The molecule has 0 aromatic heterocycles. The number of hydrogen-bond donors (Lipinski definition) is 1. The molecule has 2 aliphatic heterocycles. The highest BCUT2D eigenvalue weighted by atomic mass is 19.1. The average molecular weight is 475 g/mol. The molecule has 3 aromatic carbocycles. The van der Waals surface area contributed by atoms with Gasteiger partial charge in [0.05, 0.1) is 12.8 Å². The first kappa shape index (κ1) is 22.9. The predicted molar refractivity (Wildman–Crippen MR) is 130 cm³/mol. The van der Waals surface area contributed by atoms with Gasteiger partial charge in [0.15, 0.2) is 6.61 Å². The van der Waals surface area contributed by atoms with Crippen LogP contribution in [0.5, 0.6) is 11.5 Å². The highest BCUT2D eigenvalue weighted by Crippen LogP contribution is 2.39. The van der Waals surface area contributed by atoms with Crippen LogP contribution in [0.25, 0.3) is 0 Å². The van der Waals surface area contributed by atoms with Crippen LogP contribution in [0.2, 0.25) is 0 Å². The van der Waals surface area contributed by atoms with Gasteiger partial charge in [-0.2, -0.15) is 0 Å². The minimum absolute atomic E-state index is 0.0175. The first-order valence-electron chi connectivity index (χ1n) is 11.8. The van der Waals surface area contributed by atoms with E-state index < -0.39 is 0 Å². The number of fused-ring (bicyclic) bond motifs is 1. The third-order valence-corrected chi connectivity index (χ3v) is 6.84. The van der Waals surface area contributed by atoms with Gasteiger partial charge >= 0.3 is 0 Å². The van der Waals surface area contributed by atoms with E-state index in [1.165, 1.54) is 12.1 Å². The lowest BCUT2D eigenvalue weighted by molar-refractivity contribution is -0.118. The highest BCUT2D eigenvalue weighted by molar-refractivity contribution is 5.99. The van der Waals surface area contributed by atoms with Gasteiger partial charge in [-0.3, -0.25) is 9.59 Å². The Hall–Kier alpha value is -3.87. The summed E-state index contributed by atoms with van der Waals surface area (Å²) in [6.07, 6.45) is 1.63. The maximum Gasteiger partial charge on any atom is 0.262 e. The molecule has 35 heavy (non-hydrogen) atoms. The monoisotopic (exact) mass is 474 g/mol. The van der Waals surface area contributed by atoms with E-state index in [0.29, 0.717) is 30.1 Å². The Kier molecular flexibility index (Phi) is 6.40. The van der Waals surface area contributed by atoms with E-state index in [2.05, 4.69) is 11.4 Å². The zero-order valence-electron chi connectivity index (χ0n) is 19.5. The van der Waals surface area contributed by atoms with Gasteiger partial charge in [0.25, 0.3) is 11.8 Å². The molecule has 1 atom stereocenters. The quantitative estimate of drug-likeness (QED) is 0.574. The molecule has 2 aliphatic rings. The second-order valence-electron chi connectivity index (χ2n) is 8.98. The molecule has 0 aliphatic carbocycles. The maximum absolute atomic E-state index is 13.6. The van der Waals surface area contributed by atoms with Crippen molar-refractivity contribution in [2.75, 3.05) is 32.1 Å². The lowest BCUT2D eigenvalue weighted by Gasteiger charge is -2.37. The Balaban J connectivity index is 1.34. The number of nitrogens with one attached hydrogen (secondary N) is 1. The molecule has 0 spiro atoms. The summed E-state index contributed by atoms with van der Waals surface area (Å²) in [5.41, 5.74) is 3.22. The molecule has 3 aromatic rings. The predicted octanol–water partition coefficient (Wildman–Crippen LogP) is 4.85. The van der Waals surface area contributed by atoms with Crippen LogP contribution in [0.15, 0.2) is 66.7 Å². The molecule has 0 bridgehead atoms. The molecule has 180 valence electrons. The summed E-state index contributed by atoms with van der Waals surface area (Å²) in [5, 5.41) is 2.76. The number of carbonyl (C=O) groups excluding carboxylic acids is 2. The number of rotatable bonds is 5. The van der Waals surface area contributed by atoms with Crippen molar-refractivity contribution in [3.05, 3.63) is 89.2 Å². The van der Waals surface area contributed by atoms with Gasteiger partial charge in [-0.15, -0.1) is 0 Å². The second-order valence-corrected chi connectivity index (χ2v) is 8.98. The van der Waals surface area contributed by atoms with Crippen LogP contribution >= 0.6 is 0 Å².